The zero-order valence-electron chi connectivity index (χ0n) is 17.3. The Hall–Kier alpha value is -2.43. The number of halogens is 4. The Labute approximate surface area is 193 Å². The largest absolute Gasteiger partial charge is 0.491 e. The molecule has 0 radical (unpaired) electrons. The zero-order valence-corrected chi connectivity index (χ0v) is 18.8. The summed E-state index contributed by atoms with van der Waals surface area (Å²) in [6, 6.07) is 2.93. The number of nitrogens with one attached hydrogen (secondary N) is 1. The first-order valence-electron chi connectivity index (χ1n) is 10.1. The minimum absolute atomic E-state index is 0.0382. The van der Waals surface area contributed by atoms with Gasteiger partial charge in [0.1, 0.15) is 12.4 Å². The van der Waals surface area contributed by atoms with Crippen LogP contribution in [0.3, 0.4) is 0 Å². The Kier molecular flexibility index (Phi) is 6.28. The van der Waals surface area contributed by atoms with Crippen LogP contribution in [0.1, 0.15) is 18.2 Å². The molecule has 1 aromatic carbocycles. The number of likely N-dealkylation sites (tertiary alicyclic amines) is 1. The molecule has 0 bridgehead atoms. The molecule has 0 aliphatic carbocycles. The van der Waals surface area contributed by atoms with Crippen LogP contribution in [-0.2, 0) is 13.1 Å². The molecule has 2 aliphatic heterocycles. The molecule has 3 N–H and O–H groups in total. The van der Waals surface area contributed by atoms with Crippen molar-refractivity contribution >= 4 is 35.2 Å². The molecular weight excluding hydrogens is 465 g/mol. The number of rotatable bonds is 6. The molecule has 0 saturated carbocycles. The van der Waals surface area contributed by atoms with Crippen molar-refractivity contribution in [3.63, 3.8) is 0 Å². The fourth-order valence-electron chi connectivity index (χ4n) is 3.83. The topological polar surface area (TPSA) is 96.6 Å². The third kappa shape index (κ3) is 4.67. The van der Waals surface area contributed by atoms with Gasteiger partial charge in [-0.25, -0.2) is 23.5 Å². The van der Waals surface area contributed by atoms with Gasteiger partial charge in [-0.3, -0.25) is 4.90 Å². The summed E-state index contributed by atoms with van der Waals surface area (Å²) in [7, 11) is 0. The number of nitrogens with zero attached hydrogens (tertiary/aromatic N) is 4. The van der Waals surface area contributed by atoms with Crippen LogP contribution in [0.25, 0.3) is 11.3 Å². The summed E-state index contributed by atoms with van der Waals surface area (Å²) < 4.78 is 32.0. The quantitative estimate of drug-likeness (QED) is 0.649. The smallest absolute Gasteiger partial charge is 0.318 e. The summed E-state index contributed by atoms with van der Waals surface area (Å²) in [6.45, 7) is 2.81. The van der Waals surface area contributed by atoms with Crippen LogP contribution < -0.4 is 15.8 Å². The van der Waals surface area contributed by atoms with Crippen LogP contribution >= 0.6 is 23.2 Å². The van der Waals surface area contributed by atoms with Crippen LogP contribution in [-0.4, -0.2) is 64.5 Å². The van der Waals surface area contributed by atoms with Gasteiger partial charge in [-0.2, -0.15) is 0 Å². The highest BCUT2D eigenvalue weighted by molar-refractivity contribution is 6.37. The van der Waals surface area contributed by atoms with Gasteiger partial charge in [0.25, 0.3) is 5.92 Å². The highest BCUT2D eigenvalue weighted by Gasteiger charge is 2.43. The molecule has 172 valence electrons. The normalized spacial score (nSPS) is 17.1. The van der Waals surface area contributed by atoms with E-state index in [1.165, 1.54) is 0 Å². The van der Waals surface area contributed by atoms with Gasteiger partial charge in [-0.1, -0.05) is 23.2 Å². The lowest BCUT2D eigenvalue weighted by molar-refractivity contribution is -0.132. The molecule has 4 rings (SSSR count). The number of ether oxygens (including phenoxy) is 1. The van der Waals surface area contributed by atoms with Gasteiger partial charge in [0.05, 0.1) is 48.2 Å². The number of amides is 2. The number of urea groups is 1. The summed E-state index contributed by atoms with van der Waals surface area (Å²) in [4.78, 5) is 24.2. The number of alkyl halides is 2. The molecule has 3 heterocycles. The van der Waals surface area contributed by atoms with E-state index < -0.39 is 5.92 Å². The van der Waals surface area contributed by atoms with Crippen LogP contribution in [0, 0.1) is 0 Å². The molecule has 1 saturated heterocycles. The molecule has 2 amide bonds. The number of benzene rings is 1. The lowest BCUT2D eigenvalue weighted by Crippen LogP contribution is -2.57. The maximum atomic E-state index is 13.1. The van der Waals surface area contributed by atoms with Gasteiger partial charge in [-0.05, 0) is 19.1 Å². The maximum absolute atomic E-state index is 13.1. The summed E-state index contributed by atoms with van der Waals surface area (Å²) in [5.74, 6) is -2.25. The van der Waals surface area contributed by atoms with Crippen molar-refractivity contribution in [2.45, 2.75) is 25.9 Å². The first kappa shape index (κ1) is 22.8. The van der Waals surface area contributed by atoms with E-state index in [2.05, 4.69) is 15.3 Å². The van der Waals surface area contributed by atoms with Crippen molar-refractivity contribution in [1.82, 2.24) is 25.1 Å². The second kappa shape index (κ2) is 8.84. The highest BCUT2D eigenvalue weighted by atomic mass is 35.5. The van der Waals surface area contributed by atoms with Gasteiger partial charge in [-0.15, -0.1) is 0 Å². The number of hydrogen-bond donors (Lipinski definition) is 2. The van der Waals surface area contributed by atoms with Crippen molar-refractivity contribution in [3.8, 4) is 17.0 Å². The van der Waals surface area contributed by atoms with Crippen molar-refractivity contribution in [2.24, 2.45) is 0 Å². The lowest BCUT2D eigenvalue weighted by Gasteiger charge is -2.38. The van der Waals surface area contributed by atoms with Crippen molar-refractivity contribution < 1.29 is 18.3 Å². The minimum atomic E-state index is -2.64. The Morgan fingerprint density at radius 1 is 1.28 bits per heavy atom. The molecule has 0 atom stereocenters. The van der Waals surface area contributed by atoms with E-state index in [0.717, 1.165) is 0 Å². The lowest BCUT2D eigenvalue weighted by atomic mass is 10.0. The van der Waals surface area contributed by atoms with E-state index in [1.54, 1.807) is 21.9 Å². The summed E-state index contributed by atoms with van der Waals surface area (Å²) >= 11 is 12.7. The third-order valence-corrected chi connectivity index (χ3v) is 5.76. The SMILES string of the molecule is CCNC(=O)N1Cc2nc(N)nc(-c3c(Cl)cc(Cl)cc3OCCN3CC(F)(F)C3)c2C1. The van der Waals surface area contributed by atoms with Crippen molar-refractivity contribution in [1.29, 1.82) is 0 Å². The Morgan fingerprint density at radius 3 is 2.72 bits per heavy atom. The predicted molar refractivity (Wildman–Crippen MR) is 117 cm³/mol. The van der Waals surface area contributed by atoms with E-state index in [0.29, 0.717) is 51.4 Å². The fraction of sp³-hybridized carbons (Fsp3) is 0.450. The Bertz CT molecular complexity index is 1050. The molecule has 1 aromatic heterocycles. The molecule has 0 unspecified atom stereocenters. The number of carbonyl (C=O) groups is 1. The van der Waals surface area contributed by atoms with Gasteiger partial charge < -0.3 is 20.7 Å². The van der Waals surface area contributed by atoms with E-state index >= 15 is 0 Å². The fourth-order valence-corrected chi connectivity index (χ4v) is 4.40. The molecule has 32 heavy (non-hydrogen) atoms. The molecule has 12 heteroatoms. The van der Waals surface area contributed by atoms with E-state index in [-0.39, 0.29) is 44.8 Å². The number of aromatic nitrogens is 2. The van der Waals surface area contributed by atoms with Gasteiger partial charge in [0.15, 0.2) is 0 Å². The second-order valence-corrected chi connectivity index (χ2v) is 8.57. The second-order valence-electron chi connectivity index (χ2n) is 7.72. The van der Waals surface area contributed by atoms with Crippen LogP contribution in [0.5, 0.6) is 5.75 Å². The van der Waals surface area contributed by atoms with Crippen molar-refractivity contribution in [3.05, 3.63) is 33.4 Å². The molecular formula is C20H22Cl2F2N6O2. The summed E-state index contributed by atoms with van der Waals surface area (Å²) in [5.41, 5.74) is 8.19. The van der Waals surface area contributed by atoms with Crippen molar-refractivity contribution in [2.75, 3.05) is 38.5 Å². The van der Waals surface area contributed by atoms with Crippen LogP contribution in [0.15, 0.2) is 12.1 Å². The average molecular weight is 487 g/mol. The maximum Gasteiger partial charge on any atom is 0.318 e. The molecule has 2 aliphatic rings. The van der Waals surface area contributed by atoms with E-state index in [4.69, 9.17) is 33.7 Å². The zero-order chi connectivity index (χ0) is 23.0. The number of fused-ring (bicyclic) bond motifs is 1. The monoisotopic (exact) mass is 486 g/mol. The molecule has 2 aromatic rings. The minimum Gasteiger partial charge on any atom is -0.491 e. The number of carbonyl (C=O) groups excluding carboxylic acids is 1. The number of nitrogens with two attached hydrogens (primary N) is 1. The number of anilines is 1. The Balaban J connectivity index is 1.62. The van der Waals surface area contributed by atoms with E-state index in [9.17, 15) is 13.6 Å². The molecule has 8 nitrogen and oxygen atoms in total. The Morgan fingerprint density at radius 2 is 2.03 bits per heavy atom. The van der Waals surface area contributed by atoms with Crippen LogP contribution in [0.4, 0.5) is 19.5 Å². The van der Waals surface area contributed by atoms with E-state index in [1.807, 2.05) is 6.92 Å². The summed E-state index contributed by atoms with van der Waals surface area (Å²) in [5, 5.41) is 3.41. The summed E-state index contributed by atoms with van der Waals surface area (Å²) in [6.07, 6.45) is 0. The third-order valence-electron chi connectivity index (χ3n) is 5.25. The van der Waals surface area contributed by atoms with Gasteiger partial charge in [0, 0.05) is 23.7 Å². The first-order chi connectivity index (χ1) is 15.2. The predicted octanol–water partition coefficient (Wildman–Crippen LogP) is 3.41. The van der Waals surface area contributed by atoms with Crippen LogP contribution in [0.2, 0.25) is 10.0 Å². The molecule has 0 spiro atoms. The van der Waals surface area contributed by atoms with Gasteiger partial charge >= 0.3 is 6.03 Å². The number of nitrogen functional groups attached to an aromatic ring is 1. The molecule has 1 fully saturated rings. The number of hydrogen-bond acceptors (Lipinski definition) is 6. The first-order valence-corrected chi connectivity index (χ1v) is 10.8. The average Bonchev–Trinajstić information content (AvgIpc) is 3.10. The van der Waals surface area contributed by atoms with Gasteiger partial charge in [0.2, 0.25) is 5.95 Å². The standard InChI is InChI=1S/C20H22Cl2F2N6O2/c1-2-26-19(31)30-7-12-14(8-30)27-18(25)28-17(12)16-13(22)5-11(21)6-15(16)32-4-3-29-9-20(23,24)10-29/h5-6H,2-4,7-10H2,1H3,(H,26,31)(H2,25,27,28). The highest BCUT2D eigenvalue weighted by Crippen LogP contribution is 2.42.